The molecule has 1 N–H and O–H groups in total. The van der Waals surface area contributed by atoms with E-state index in [1.807, 2.05) is 13.0 Å². The van der Waals surface area contributed by atoms with Gasteiger partial charge in [0.1, 0.15) is 0 Å². The van der Waals surface area contributed by atoms with Crippen molar-refractivity contribution in [1.82, 2.24) is 9.97 Å². The molecular weight excluding hydrogens is 280 g/mol. The third-order valence-corrected chi connectivity index (χ3v) is 4.61. The maximum absolute atomic E-state index is 12.1. The van der Waals surface area contributed by atoms with E-state index >= 15 is 0 Å². The number of nitrogens with zero attached hydrogens (tertiary/aromatic N) is 1. The number of nitrogens with one attached hydrogen (secondary N) is 1. The number of rotatable bonds is 5. The number of sulfone groups is 1. The lowest BCUT2D eigenvalue weighted by atomic mass is 10.3. The Hall–Kier alpha value is -1.89. The molecule has 108 valence electrons. The van der Waals surface area contributed by atoms with E-state index in [-0.39, 0.29) is 17.2 Å². The van der Waals surface area contributed by atoms with Gasteiger partial charge in [-0.2, -0.15) is 0 Å². The largest absolute Gasteiger partial charge is 0.469 e. The van der Waals surface area contributed by atoms with Gasteiger partial charge >= 0.3 is 5.97 Å². The fourth-order valence-corrected chi connectivity index (χ4v) is 2.99. The first kappa shape index (κ1) is 14.5. The number of methoxy groups -OCH3 is 1. The van der Waals surface area contributed by atoms with Crippen LogP contribution in [0.4, 0.5) is 0 Å². The molecule has 0 aliphatic rings. The molecule has 0 amide bonds. The zero-order valence-corrected chi connectivity index (χ0v) is 12.2. The average Bonchev–Trinajstić information content (AvgIpc) is 2.86. The summed E-state index contributed by atoms with van der Waals surface area (Å²) in [7, 11) is -2.35. The highest BCUT2D eigenvalue weighted by atomic mass is 32.2. The third kappa shape index (κ3) is 2.98. The number of esters is 1. The topological polar surface area (TPSA) is 89.1 Å². The quantitative estimate of drug-likeness (QED) is 0.844. The Balaban J connectivity index is 2.29. The zero-order valence-electron chi connectivity index (χ0n) is 11.3. The Labute approximate surface area is 117 Å². The fourth-order valence-electron chi connectivity index (χ4n) is 1.83. The molecule has 2 rings (SSSR count). The molecule has 2 aromatic heterocycles. The van der Waals surface area contributed by atoms with Crippen molar-refractivity contribution >= 4 is 26.8 Å². The molecule has 0 aliphatic carbocycles. The minimum Gasteiger partial charge on any atom is -0.469 e. The van der Waals surface area contributed by atoms with E-state index in [9.17, 15) is 13.2 Å². The second kappa shape index (κ2) is 5.62. The SMILES string of the molecule is CCc1cc2nc(S(=O)(=O)CCC(=O)OC)ccc2[nH]1. The molecule has 0 aromatic carbocycles. The maximum Gasteiger partial charge on any atom is 0.306 e. The summed E-state index contributed by atoms with van der Waals surface area (Å²) in [5.41, 5.74) is 2.41. The van der Waals surface area contributed by atoms with Gasteiger partial charge in [-0.05, 0) is 24.6 Å². The van der Waals surface area contributed by atoms with Gasteiger partial charge in [0.15, 0.2) is 14.9 Å². The third-order valence-electron chi connectivity index (χ3n) is 3.01. The number of pyridine rings is 1. The van der Waals surface area contributed by atoms with Crippen LogP contribution in [0.1, 0.15) is 19.0 Å². The predicted octanol–water partition coefficient (Wildman–Crippen LogP) is 1.46. The highest BCUT2D eigenvalue weighted by Crippen LogP contribution is 2.18. The second-order valence-corrected chi connectivity index (χ2v) is 6.43. The van der Waals surface area contributed by atoms with Crippen LogP contribution in [0.5, 0.6) is 0 Å². The van der Waals surface area contributed by atoms with Gasteiger partial charge in [0.05, 0.1) is 30.3 Å². The smallest absolute Gasteiger partial charge is 0.306 e. The number of fused-ring (bicyclic) bond motifs is 1. The van der Waals surface area contributed by atoms with Crippen LogP contribution in [0.2, 0.25) is 0 Å². The number of ether oxygens (including phenoxy) is 1. The molecule has 0 radical (unpaired) electrons. The summed E-state index contributed by atoms with van der Waals surface area (Å²) in [5, 5.41) is -0.0180. The lowest BCUT2D eigenvalue weighted by molar-refractivity contribution is -0.140. The molecule has 6 nitrogen and oxygen atoms in total. The lowest BCUT2D eigenvalue weighted by Gasteiger charge is -2.03. The Bertz CT molecular complexity index is 734. The monoisotopic (exact) mass is 296 g/mol. The summed E-state index contributed by atoms with van der Waals surface area (Å²) in [6.45, 7) is 2.00. The Morgan fingerprint density at radius 1 is 1.40 bits per heavy atom. The minimum absolute atomic E-state index is 0.0180. The van der Waals surface area contributed by atoms with E-state index in [2.05, 4.69) is 14.7 Å². The van der Waals surface area contributed by atoms with Crippen molar-refractivity contribution in [2.45, 2.75) is 24.8 Å². The lowest BCUT2D eigenvalue weighted by Crippen LogP contribution is -2.13. The Morgan fingerprint density at radius 3 is 2.80 bits per heavy atom. The van der Waals surface area contributed by atoms with Crippen LogP contribution in [0, 0.1) is 0 Å². The van der Waals surface area contributed by atoms with Crippen LogP contribution in [-0.4, -0.2) is 37.2 Å². The highest BCUT2D eigenvalue weighted by molar-refractivity contribution is 7.91. The van der Waals surface area contributed by atoms with Gasteiger partial charge in [-0.3, -0.25) is 4.79 Å². The van der Waals surface area contributed by atoms with Gasteiger partial charge in [0, 0.05) is 5.69 Å². The van der Waals surface area contributed by atoms with Crippen molar-refractivity contribution in [3.63, 3.8) is 0 Å². The van der Waals surface area contributed by atoms with Crippen molar-refractivity contribution < 1.29 is 17.9 Å². The van der Waals surface area contributed by atoms with Gasteiger partial charge in [-0.15, -0.1) is 0 Å². The predicted molar refractivity (Wildman–Crippen MR) is 74.2 cm³/mol. The molecule has 0 spiro atoms. The van der Waals surface area contributed by atoms with Crippen LogP contribution < -0.4 is 0 Å². The molecular formula is C13H16N2O4S. The molecule has 0 fully saturated rings. The summed E-state index contributed by atoms with van der Waals surface area (Å²) in [5.74, 6) is -0.854. The van der Waals surface area contributed by atoms with E-state index in [0.717, 1.165) is 17.6 Å². The van der Waals surface area contributed by atoms with Gasteiger partial charge in [-0.25, -0.2) is 13.4 Å². The summed E-state index contributed by atoms with van der Waals surface area (Å²) >= 11 is 0. The highest BCUT2D eigenvalue weighted by Gasteiger charge is 2.19. The molecule has 0 atom stereocenters. The van der Waals surface area contributed by atoms with Crippen LogP contribution >= 0.6 is 0 Å². The Kier molecular flexibility index (Phi) is 4.08. The van der Waals surface area contributed by atoms with E-state index in [1.165, 1.54) is 13.2 Å². The molecule has 20 heavy (non-hydrogen) atoms. The van der Waals surface area contributed by atoms with Crippen molar-refractivity contribution in [2.75, 3.05) is 12.9 Å². The van der Waals surface area contributed by atoms with Crippen LogP contribution in [0.3, 0.4) is 0 Å². The van der Waals surface area contributed by atoms with E-state index < -0.39 is 15.8 Å². The van der Waals surface area contributed by atoms with E-state index in [0.29, 0.717) is 5.52 Å². The number of carbonyl (C=O) groups is 1. The van der Waals surface area contributed by atoms with Crippen molar-refractivity contribution in [3.05, 3.63) is 23.9 Å². The molecule has 0 unspecified atom stereocenters. The van der Waals surface area contributed by atoms with Crippen molar-refractivity contribution in [1.29, 1.82) is 0 Å². The molecule has 2 heterocycles. The number of hydrogen-bond acceptors (Lipinski definition) is 5. The average molecular weight is 296 g/mol. The normalized spacial score (nSPS) is 11.7. The van der Waals surface area contributed by atoms with Crippen LogP contribution in [0.25, 0.3) is 11.0 Å². The van der Waals surface area contributed by atoms with E-state index in [1.54, 1.807) is 6.07 Å². The second-order valence-electron chi connectivity index (χ2n) is 4.38. The van der Waals surface area contributed by atoms with Gasteiger partial charge in [0.2, 0.25) is 0 Å². The number of carbonyl (C=O) groups excluding carboxylic acids is 1. The minimum atomic E-state index is -3.58. The first-order valence-corrected chi connectivity index (χ1v) is 7.89. The molecule has 0 saturated heterocycles. The van der Waals surface area contributed by atoms with Crippen molar-refractivity contribution in [3.8, 4) is 0 Å². The molecule has 0 saturated carbocycles. The summed E-state index contributed by atoms with van der Waals surface area (Å²) in [6, 6.07) is 4.96. The summed E-state index contributed by atoms with van der Waals surface area (Å²) in [4.78, 5) is 18.3. The molecule has 0 aliphatic heterocycles. The fraction of sp³-hybridized carbons (Fsp3) is 0.385. The van der Waals surface area contributed by atoms with Gasteiger partial charge < -0.3 is 9.72 Å². The first-order chi connectivity index (χ1) is 9.46. The Morgan fingerprint density at radius 2 is 2.15 bits per heavy atom. The van der Waals surface area contributed by atoms with Crippen LogP contribution in [0.15, 0.2) is 23.2 Å². The number of H-pyrrole nitrogens is 1. The van der Waals surface area contributed by atoms with Crippen molar-refractivity contribution in [2.24, 2.45) is 0 Å². The standard InChI is InChI=1S/C13H16N2O4S/c1-3-9-8-11-10(14-9)4-5-12(15-11)20(17,18)7-6-13(16)19-2/h4-5,8,14H,3,6-7H2,1-2H3. The summed E-state index contributed by atoms with van der Waals surface area (Å²) < 4.78 is 28.6. The number of aromatic nitrogens is 2. The van der Waals surface area contributed by atoms with Gasteiger partial charge in [-0.1, -0.05) is 6.92 Å². The maximum atomic E-state index is 12.1. The van der Waals surface area contributed by atoms with E-state index in [4.69, 9.17) is 0 Å². The number of hydrogen-bond donors (Lipinski definition) is 1. The number of aryl methyl sites for hydroxylation is 1. The molecule has 0 bridgehead atoms. The zero-order chi connectivity index (χ0) is 14.8. The summed E-state index contributed by atoms with van der Waals surface area (Å²) in [6.07, 6.45) is 0.646. The molecule has 2 aromatic rings. The first-order valence-electron chi connectivity index (χ1n) is 6.24. The van der Waals surface area contributed by atoms with Crippen LogP contribution in [-0.2, 0) is 25.8 Å². The van der Waals surface area contributed by atoms with Gasteiger partial charge in [0.25, 0.3) is 0 Å². The molecule has 7 heteroatoms. The number of aromatic amines is 1.